The van der Waals surface area contributed by atoms with Crippen LogP contribution in [-0.2, 0) is 42.2 Å². The number of hydrogen-bond donors (Lipinski definition) is 1. The van der Waals surface area contributed by atoms with Crippen molar-refractivity contribution in [3.05, 3.63) is 89.0 Å². The number of piperidine rings is 1. The number of anilines is 1. The molecule has 3 aromatic carbocycles. The molecule has 3 aromatic rings. The van der Waals surface area contributed by atoms with Gasteiger partial charge in [0.2, 0.25) is 10.0 Å². The quantitative estimate of drug-likeness (QED) is 0.170. The molecule has 0 aliphatic carbocycles. The van der Waals surface area contributed by atoms with E-state index in [1.165, 1.54) is 0 Å². The minimum absolute atomic E-state index is 0.0828. The molecule has 2 heterocycles. The van der Waals surface area contributed by atoms with Crippen molar-refractivity contribution in [3.63, 3.8) is 0 Å². The Morgan fingerprint density at radius 2 is 1.66 bits per heavy atom. The van der Waals surface area contributed by atoms with Gasteiger partial charge in [0.15, 0.2) is 0 Å². The highest BCUT2D eigenvalue weighted by Gasteiger charge is 2.42. The van der Waals surface area contributed by atoms with Crippen LogP contribution in [0.3, 0.4) is 0 Å². The lowest BCUT2D eigenvalue weighted by atomic mass is 9.76. The number of aliphatic hydroxyl groups excluding tert-OH is 1. The van der Waals surface area contributed by atoms with Crippen LogP contribution < -0.4 is 9.64 Å². The second-order valence-electron chi connectivity index (χ2n) is 13.5. The van der Waals surface area contributed by atoms with Crippen LogP contribution in [0.15, 0.2) is 71.6 Å². The number of aliphatic hydroxyl groups is 1. The summed E-state index contributed by atoms with van der Waals surface area (Å²) in [6.07, 6.45) is 1.18. The second kappa shape index (κ2) is 18.5. The normalized spacial score (nSPS) is 20.3. The average Bonchev–Trinajstić information content (AvgIpc) is 3.12. The van der Waals surface area contributed by atoms with E-state index < -0.39 is 22.2 Å². The van der Waals surface area contributed by atoms with Crippen molar-refractivity contribution < 1.29 is 37.2 Å². The molecule has 0 spiro atoms. The molecule has 274 valence electrons. The van der Waals surface area contributed by atoms with Crippen LogP contribution >= 0.6 is 0 Å². The monoisotopic (exact) mass is 710 g/mol. The van der Waals surface area contributed by atoms with Crippen LogP contribution in [-0.4, -0.2) is 96.9 Å². The first-order valence-electron chi connectivity index (χ1n) is 17.7. The summed E-state index contributed by atoms with van der Waals surface area (Å²) in [5.74, 6) is 0.682. The smallest absolute Gasteiger partial charge is 0.243 e. The molecule has 5 rings (SSSR count). The van der Waals surface area contributed by atoms with E-state index in [0.29, 0.717) is 59.0 Å². The van der Waals surface area contributed by atoms with Crippen molar-refractivity contribution in [1.29, 1.82) is 0 Å². The molecule has 0 aromatic heterocycles. The van der Waals surface area contributed by atoms with Gasteiger partial charge in [0.05, 0.1) is 55.8 Å². The molecule has 11 heteroatoms. The van der Waals surface area contributed by atoms with Crippen LogP contribution in [0.5, 0.6) is 5.75 Å². The highest BCUT2D eigenvalue weighted by Crippen LogP contribution is 2.41. The van der Waals surface area contributed by atoms with Crippen molar-refractivity contribution in [2.75, 3.05) is 71.7 Å². The van der Waals surface area contributed by atoms with Gasteiger partial charge in [-0.05, 0) is 80.0 Å². The predicted molar refractivity (Wildman–Crippen MR) is 194 cm³/mol. The van der Waals surface area contributed by atoms with E-state index in [2.05, 4.69) is 35.2 Å². The predicted octanol–water partition coefficient (Wildman–Crippen LogP) is 5.54. The van der Waals surface area contributed by atoms with E-state index in [1.54, 1.807) is 37.6 Å². The summed E-state index contributed by atoms with van der Waals surface area (Å²) in [4.78, 5) is 2.60. The van der Waals surface area contributed by atoms with Gasteiger partial charge >= 0.3 is 0 Å². The van der Waals surface area contributed by atoms with Gasteiger partial charge in [0.1, 0.15) is 12.4 Å². The van der Waals surface area contributed by atoms with E-state index in [9.17, 15) is 13.5 Å². The third-order valence-electron chi connectivity index (χ3n) is 9.63. The molecule has 1 saturated heterocycles. The maximum absolute atomic E-state index is 14.1. The number of sulfonamides is 1. The fourth-order valence-electron chi connectivity index (χ4n) is 6.90. The van der Waals surface area contributed by atoms with E-state index in [-0.39, 0.29) is 23.3 Å². The topological polar surface area (TPSA) is 107 Å². The van der Waals surface area contributed by atoms with E-state index in [0.717, 1.165) is 53.2 Å². The molecule has 10 nitrogen and oxygen atoms in total. The molecular weight excluding hydrogens is 657 g/mol. The molecule has 2 aliphatic rings. The Morgan fingerprint density at radius 1 is 0.920 bits per heavy atom. The average molecular weight is 711 g/mol. The standard InChI is InChI=1S/C39H54N2O8S/c1-29-6-15-35(16-7-29)50(43,44)41-25-34(12-8-30(2)42)39(33-13-9-31(10-14-33)27-47-23-22-46-4)38(26-41)49-28-32-11-17-37-36(24-32)40(19-21-48-37)18-5-20-45-3/h6-7,9-11,13-17,24,30,34,38-39,42H,5,8,12,18-23,25-28H2,1-4H3/t30-,34-,38+,39+/m1/s1. The molecule has 0 unspecified atom stereocenters. The lowest BCUT2D eigenvalue weighted by Gasteiger charge is -2.43. The zero-order valence-corrected chi connectivity index (χ0v) is 30.8. The van der Waals surface area contributed by atoms with Gasteiger partial charge in [0, 0.05) is 46.4 Å². The Morgan fingerprint density at radius 3 is 2.38 bits per heavy atom. The molecule has 50 heavy (non-hydrogen) atoms. The number of aryl methyl sites for hydroxylation is 1. The van der Waals surface area contributed by atoms with Crippen LogP contribution in [0, 0.1) is 12.8 Å². The van der Waals surface area contributed by atoms with Gasteiger partial charge in [-0.3, -0.25) is 0 Å². The number of rotatable bonds is 18. The molecule has 0 bridgehead atoms. The fraction of sp³-hybridized carbons (Fsp3) is 0.538. The molecule has 1 fully saturated rings. The van der Waals surface area contributed by atoms with Crippen LogP contribution in [0.2, 0.25) is 0 Å². The minimum Gasteiger partial charge on any atom is -0.490 e. The third kappa shape index (κ3) is 10.1. The first-order chi connectivity index (χ1) is 24.2. The Kier molecular flexibility index (Phi) is 14.1. The van der Waals surface area contributed by atoms with Crippen molar-refractivity contribution in [3.8, 4) is 5.75 Å². The van der Waals surface area contributed by atoms with E-state index in [1.807, 2.05) is 31.2 Å². The number of fused-ring (bicyclic) bond motifs is 1. The zero-order valence-electron chi connectivity index (χ0n) is 30.0. The molecule has 1 N–H and O–H groups in total. The fourth-order valence-corrected chi connectivity index (χ4v) is 8.41. The lowest BCUT2D eigenvalue weighted by molar-refractivity contribution is -0.0290. The Bertz CT molecular complexity index is 1580. The molecule has 0 amide bonds. The summed E-state index contributed by atoms with van der Waals surface area (Å²) in [5, 5.41) is 10.3. The number of methoxy groups -OCH3 is 2. The summed E-state index contributed by atoms with van der Waals surface area (Å²) in [5.41, 5.74) is 5.16. The van der Waals surface area contributed by atoms with Gasteiger partial charge in [-0.2, -0.15) is 4.31 Å². The van der Waals surface area contributed by atoms with Crippen molar-refractivity contribution in [1.82, 2.24) is 4.31 Å². The van der Waals surface area contributed by atoms with Gasteiger partial charge in [-0.15, -0.1) is 0 Å². The Hall–Kier alpha value is -3.03. The number of hydrogen-bond acceptors (Lipinski definition) is 9. The van der Waals surface area contributed by atoms with E-state index >= 15 is 0 Å². The Labute approximate surface area is 298 Å². The first kappa shape index (κ1) is 38.2. The summed E-state index contributed by atoms with van der Waals surface area (Å²) < 4.78 is 58.7. The van der Waals surface area contributed by atoms with Crippen molar-refractivity contribution in [2.45, 2.75) is 69.3 Å². The minimum atomic E-state index is -3.79. The molecule has 0 saturated carbocycles. The van der Waals surface area contributed by atoms with Crippen molar-refractivity contribution >= 4 is 15.7 Å². The summed E-state index contributed by atoms with van der Waals surface area (Å²) in [6, 6.07) is 21.5. The maximum atomic E-state index is 14.1. The van der Waals surface area contributed by atoms with Gasteiger partial charge < -0.3 is 33.7 Å². The summed E-state index contributed by atoms with van der Waals surface area (Å²) >= 11 is 0. The summed E-state index contributed by atoms with van der Waals surface area (Å²) in [6.45, 7) is 9.12. The van der Waals surface area contributed by atoms with Gasteiger partial charge in [-0.25, -0.2) is 8.42 Å². The summed E-state index contributed by atoms with van der Waals surface area (Å²) in [7, 11) is -0.421. The Balaban J connectivity index is 1.44. The van der Waals surface area contributed by atoms with Crippen molar-refractivity contribution in [2.24, 2.45) is 5.92 Å². The third-order valence-corrected chi connectivity index (χ3v) is 11.5. The number of ether oxygens (including phenoxy) is 5. The lowest BCUT2D eigenvalue weighted by Crippen LogP contribution is -2.51. The first-order valence-corrected chi connectivity index (χ1v) is 19.1. The largest absolute Gasteiger partial charge is 0.490 e. The number of benzene rings is 3. The highest BCUT2D eigenvalue weighted by molar-refractivity contribution is 7.89. The molecule has 4 atom stereocenters. The maximum Gasteiger partial charge on any atom is 0.243 e. The zero-order chi connectivity index (χ0) is 35.5. The van der Waals surface area contributed by atoms with Gasteiger partial charge in [0.25, 0.3) is 0 Å². The molecular formula is C39H54N2O8S. The second-order valence-corrected chi connectivity index (χ2v) is 15.4. The van der Waals surface area contributed by atoms with Crippen LogP contribution in [0.25, 0.3) is 0 Å². The highest BCUT2D eigenvalue weighted by atomic mass is 32.2. The van der Waals surface area contributed by atoms with Crippen LogP contribution in [0.1, 0.15) is 54.4 Å². The van der Waals surface area contributed by atoms with Crippen LogP contribution in [0.4, 0.5) is 5.69 Å². The van der Waals surface area contributed by atoms with E-state index in [4.69, 9.17) is 23.7 Å². The number of nitrogens with zero attached hydrogens (tertiary/aromatic N) is 2. The van der Waals surface area contributed by atoms with Gasteiger partial charge in [-0.1, -0.05) is 48.0 Å². The molecule has 0 radical (unpaired) electrons. The SMILES string of the molecule is COCCCN1CCOc2ccc(CO[C@H]3CN(S(=O)(=O)c4ccc(C)cc4)C[C@@H](CC[C@@H](C)O)[C@@H]3c3ccc(COCCOC)cc3)cc21. The molecule has 2 aliphatic heterocycles.